The fourth-order valence-electron chi connectivity index (χ4n) is 3.78. The van der Waals surface area contributed by atoms with Gasteiger partial charge in [0.05, 0.1) is 34.4 Å². The average molecular weight is 491 g/mol. The predicted octanol–water partition coefficient (Wildman–Crippen LogP) is 6.54. The van der Waals surface area contributed by atoms with E-state index in [-0.39, 0.29) is 15.6 Å². The molecule has 0 fully saturated rings. The second-order valence-corrected chi connectivity index (χ2v) is 8.37. The second kappa shape index (κ2) is 9.03. The molecule has 0 aliphatic rings. The zero-order chi connectivity index (χ0) is 23.9. The van der Waals surface area contributed by atoms with Crippen molar-refractivity contribution in [1.82, 2.24) is 20.0 Å². The Labute approximate surface area is 197 Å². The highest BCUT2D eigenvalue weighted by Gasteiger charge is 2.25. The molecule has 33 heavy (non-hydrogen) atoms. The third kappa shape index (κ3) is 4.16. The summed E-state index contributed by atoms with van der Waals surface area (Å²) in [7, 11) is 0. The number of carboxylic acids is 1. The lowest BCUT2D eigenvalue weighted by Crippen LogP contribution is -2.11. The number of hydrogen-bond donors (Lipinski definition) is 1. The fraction of sp³-hybridized carbons (Fsp3) is 0.217. The van der Waals surface area contributed by atoms with Crippen LogP contribution in [0.25, 0.3) is 22.3 Å². The van der Waals surface area contributed by atoms with Crippen molar-refractivity contribution in [2.45, 2.75) is 32.2 Å². The SMILES string of the molecule is CC(C(=O)O)c1ccccc1-c1cc2c(cn1)nnn2[C@H](C)c1c(Cl)ccc(C(F)F)c1Cl. The van der Waals surface area contributed by atoms with Gasteiger partial charge in [0.1, 0.15) is 5.52 Å². The van der Waals surface area contributed by atoms with Gasteiger partial charge in [-0.3, -0.25) is 9.78 Å². The van der Waals surface area contributed by atoms with Crippen molar-refractivity contribution in [2.75, 3.05) is 0 Å². The van der Waals surface area contributed by atoms with E-state index in [1.807, 2.05) is 0 Å². The van der Waals surface area contributed by atoms with Crippen molar-refractivity contribution >= 4 is 40.2 Å². The van der Waals surface area contributed by atoms with E-state index in [1.54, 1.807) is 44.2 Å². The first-order valence-electron chi connectivity index (χ1n) is 9.99. The summed E-state index contributed by atoms with van der Waals surface area (Å²) in [5, 5.41) is 17.9. The molecule has 2 aromatic carbocycles. The van der Waals surface area contributed by atoms with Crippen molar-refractivity contribution in [2.24, 2.45) is 0 Å². The lowest BCUT2D eigenvalue weighted by Gasteiger charge is -2.18. The van der Waals surface area contributed by atoms with Crippen LogP contribution in [0.4, 0.5) is 8.78 Å². The van der Waals surface area contributed by atoms with Crippen LogP contribution in [0, 0.1) is 0 Å². The van der Waals surface area contributed by atoms with E-state index in [1.165, 1.54) is 23.0 Å². The largest absolute Gasteiger partial charge is 0.481 e. The van der Waals surface area contributed by atoms with E-state index < -0.39 is 24.4 Å². The van der Waals surface area contributed by atoms with Crippen LogP contribution in [0.3, 0.4) is 0 Å². The Morgan fingerprint density at radius 3 is 2.52 bits per heavy atom. The van der Waals surface area contributed by atoms with Gasteiger partial charge in [0.25, 0.3) is 6.43 Å². The van der Waals surface area contributed by atoms with Crippen LogP contribution in [0.1, 0.15) is 48.9 Å². The molecule has 10 heteroatoms. The van der Waals surface area contributed by atoms with Gasteiger partial charge >= 0.3 is 5.97 Å². The molecule has 0 saturated heterocycles. The molecule has 170 valence electrons. The molecule has 2 heterocycles. The quantitative estimate of drug-likeness (QED) is 0.332. The number of fused-ring (bicyclic) bond motifs is 1. The topological polar surface area (TPSA) is 80.9 Å². The van der Waals surface area contributed by atoms with Crippen LogP contribution in [-0.2, 0) is 4.79 Å². The Kier molecular flexibility index (Phi) is 6.32. The average Bonchev–Trinajstić information content (AvgIpc) is 3.21. The summed E-state index contributed by atoms with van der Waals surface area (Å²) in [6.07, 6.45) is -1.22. The van der Waals surface area contributed by atoms with E-state index in [2.05, 4.69) is 15.3 Å². The van der Waals surface area contributed by atoms with Crippen LogP contribution >= 0.6 is 23.2 Å². The third-order valence-corrected chi connectivity index (χ3v) is 6.36. The Morgan fingerprint density at radius 1 is 1.09 bits per heavy atom. The van der Waals surface area contributed by atoms with Crippen molar-refractivity contribution in [1.29, 1.82) is 0 Å². The van der Waals surface area contributed by atoms with Gasteiger partial charge in [0, 0.05) is 21.7 Å². The van der Waals surface area contributed by atoms with E-state index >= 15 is 0 Å². The normalized spacial score (nSPS) is 13.4. The van der Waals surface area contributed by atoms with Gasteiger partial charge in [-0.15, -0.1) is 5.10 Å². The number of pyridine rings is 1. The summed E-state index contributed by atoms with van der Waals surface area (Å²) < 4.78 is 28.3. The van der Waals surface area contributed by atoms with Crippen molar-refractivity contribution in [3.8, 4) is 11.3 Å². The maximum absolute atomic E-state index is 13.4. The summed E-state index contributed by atoms with van der Waals surface area (Å²) in [6, 6.07) is 10.8. The lowest BCUT2D eigenvalue weighted by atomic mass is 9.94. The zero-order valence-electron chi connectivity index (χ0n) is 17.5. The van der Waals surface area contributed by atoms with Crippen molar-refractivity contribution < 1.29 is 18.7 Å². The number of carbonyl (C=O) groups is 1. The molecule has 0 saturated carbocycles. The van der Waals surface area contributed by atoms with Gasteiger partial charge in [0.2, 0.25) is 0 Å². The molecule has 2 atom stereocenters. The standard InChI is InChI=1S/C23H18Cl2F2N4O2/c1-11(23(32)33)13-5-3-4-6-14(13)17-9-19-18(10-28-17)29-30-31(19)12(2)20-16(24)8-7-15(21(20)25)22(26)27/h3-12,22H,1-2H3,(H,32,33)/t11?,12-/m1/s1. The third-order valence-electron chi connectivity index (χ3n) is 5.61. The monoisotopic (exact) mass is 490 g/mol. The summed E-state index contributed by atoms with van der Waals surface area (Å²) in [5.41, 5.74) is 2.84. The molecule has 1 N–H and O–H groups in total. The van der Waals surface area contributed by atoms with Gasteiger partial charge < -0.3 is 5.11 Å². The highest BCUT2D eigenvalue weighted by atomic mass is 35.5. The van der Waals surface area contributed by atoms with Crippen LogP contribution < -0.4 is 0 Å². The number of halogens is 4. The van der Waals surface area contributed by atoms with E-state index in [4.69, 9.17) is 23.2 Å². The predicted molar refractivity (Wildman–Crippen MR) is 122 cm³/mol. The molecule has 0 aliphatic heterocycles. The van der Waals surface area contributed by atoms with Crippen LogP contribution in [0.5, 0.6) is 0 Å². The maximum Gasteiger partial charge on any atom is 0.310 e. The highest BCUT2D eigenvalue weighted by molar-refractivity contribution is 6.36. The molecule has 4 rings (SSSR count). The van der Waals surface area contributed by atoms with Crippen LogP contribution in [-0.4, -0.2) is 31.1 Å². The lowest BCUT2D eigenvalue weighted by molar-refractivity contribution is -0.138. The molecule has 0 spiro atoms. The number of rotatable bonds is 6. The van der Waals surface area contributed by atoms with Gasteiger partial charge in [-0.25, -0.2) is 13.5 Å². The van der Waals surface area contributed by atoms with E-state index in [0.29, 0.717) is 33.4 Å². The Balaban J connectivity index is 1.85. The first-order chi connectivity index (χ1) is 15.7. The number of alkyl halides is 2. The zero-order valence-corrected chi connectivity index (χ0v) is 19.0. The van der Waals surface area contributed by atoms with Gasteiger partial charge in [-0.1, -0.05) is 58.7 Å². The van der Waals surface area contributed by atoms with Gasteiger partial charge in [0.15, 0.2) is 0 Å². The minimum atomic E-state index is -2.75. The number of benzene rings is 2. The summed E-state index contributed by atoms with van der Waals surface area (Å²) >= 11 is 12.6. The first-order valence-corrected chi connectivity index (χ1v) is 10.7. The smallest absolute Gasteiger partial charge is 0.310 e. The molecular formula is C23H18Cl2F2N4O2. The Bertz CT molecular complexity index is 1360. The Morgan fingerprint density at radius 2 is 1.82 bits per heavy atom. The second-order valence-electron chi connectivity index (χ2n) is 7.58. The summed E-state index contributed by atoms with van der Waals surface area (Å²) in [4.78, 5) is 16.0. The van der Waals surface area contributed by atoms with Gasteiger partial charge in [-0.2, -0.15) is 0 Å². The number of hydrogen-bond acceptors (Lipinski definition) is 4. The minimum Gasteiger partial charge on any atom is -0.481 e. The van der Waals surface area contributed by atoms with E-state index in [9.17, 15) is 18.7 Å². The number of nitrogens with zero attached hydrogens (tertiary/aromatic N) is 4. The molecule has 0 radical (unpaired) electrons. The molecule has 0 amide bonds. The molecule has 6 nitrogen and oxygen atoms in total. The summed E-state index contributed by atoms with van der Waals surface area (Å²) in [5.74, 6) is -1.69. The number of aliphatic carboxylic acids is 1. The number of carboxylic acid groups (broad SMARTS) is 1. The highest BCUT2D eigenvalue weighted by Crippen LogP contribution is 2.39. The van der Waals surface area contributed by atoms with Crippen molar-refractivity contribution in [3.63, 3.8) is 0 Å². The molecular weight excluding hydrogens is 473 g/mol. The molecule has 2 aromatic heterocycles. The Hall–Kier alpha value is -3.10. The van der Waals surface area contributed by atoms with Gasteiger partial charge in [-0.05, 0) is 31.5 Å². The molecule has 1 unspecified atom stereocenters. The minimum absolute atomic E-state index is 0.122. The fourth-order valence-corrected chi connectivity index (χ4v) is 4.55. The summed E-state index contributed by atoms with van der Waals surface area (Å²) in [6.45, 7) is 3.34. The number of aromatic nitrogens is 4. The van der Waals surface area contributed by atoms with Crippen LogP contribution in [0.2, 0.25) is 10.0 Å². The first kappa shape index (κ1) is 23.1. The molecule has 0 bridgehead atoms. The van der Waals surface area contributed by atoms with Crippen LogP contribution in [0.15, 0.2) is 48.7 Å². The van der Waals surface area contributed by atoms with Crippen molar-refractivity contribution in [3.05, 3.63) is 75.4 Å². The molecule has 0 aliphatic carbocycles. The van der Waals surface area contributed by atoms with E-state index in [0.717, 1.165) is 0 Å². The molecule has 4 aromatic rings. The maximum atomic E-state index is 13.4.